The molecule has 0 radical (unpaired) electrons. The summed E-state index contributed by atoms with van der Waals surface area (Å²) >= 11 is 9.01. The Bertz CT molecular complexity index is 85.0. The van der Waals surface area contributed by atoms with Gasteiger partial charge in [-0.05, 0) is 5.92 Å². The van der Waals surface area contributed by atoms with Gasteiger partial charge in [-0.15, -0.1) is 0 Å². The van der Waals surface area contributed by atoms with Gasteiger partial charge in [0.05, 0.1) is 6.61 Å². The fourth-order valence-electron chi connectivity index (χ4n) is 0.235. The molecule has 0 aromatic carbocycles. The van der Waals surface area contributed by atoms with Crippen LogP contribution in [0.3, 0.4) is 0 Å². The molecule has 0 rings (SSSR count). The van der Waals surface area contributed by atoms with Gasteiger partial charge in [-0.25, -0.2) is 0 Å². The molecule has 0 amide bonds. The van der Waals surface area contributed by atoms with Crippen LogP contribution in [0.5, 0.6) is 0 Å². The zero-order chi connectivity index (χ0) is 6.57. The van der Waals surface area contributed by atoms with Crippen molar-refractivity contribution in [3.8, 4) is 0 Å². The fraction of sp³-hybridized carbons (Fsp3) is 0.800. The molecule has 1 nitrogen and oxygen atoms in total. The van der Waals surface area contributed by atoms with Crippen molar-refractivity contribution in [2.24, 2.45) is 5.92 Å². The summed E-state index contributed by atoms with van der Waals surface area (Å²) in [4.78, 5) is 0. The van der Waals surface area contributed by atoms with Crippen molar-refractivity contribution in [1.82, 2.24) is 0 Å². The Labute approximate surface area is 110 Å². The van der Waals surface area contributed by atoms with Crippen molar-refractivity contribution in [1.29, 1.82) is 0 Å². The summed E-state index contributed by atoms with van der Waals surface area (Å²) < 4.78 is 5.07. The van der Waals surface area contributed by atoms with Gasteiger partial charge in [-0.1, -0.05) is 13.8 Å². The molecule has 0 N–H and O–H groups in total. The quantitative estimate of drug-likeness (QED) is 0.296. The normalized spacial score (nSPS) is 8.33. The van der Waals surface area contributed by atoms with Crippen LogP contribution in [0, 0.1) is 5.92 Å². The third-order valence-electron chi connectivity index (χ3n) is 0.535. The van der Waals surface area contributed by atoms with Gasteiger partial charge in [0.2, 0.25) is 0 Å². The van der Waals surface area contributed by atoms with E-state index in [0.29, 0.717) is 12.5 Å². The minimum absolute atomic E-state index is 0. The van der Waals surface area contributed by atoms with Gasteiger partial charge >= 0.3 is 51.4 Å². The van der Waals surface area contributed by atoms with E-state index in [9.17, 15) is 0 Å². The van der Waals surface area contributed by atoms with E-state index in [1.165, 1.54) is 0 Å². The van der Waals surface area contributed by atoms with E-state index in [-0.39, 0.29) is 55.8 Å². The summed E-state index contributed by atoms with van der Waals surface area (Å²) in [6.45, 7) is 4.74. The first kappa shape index (κ1) is 13.3. The van der Waals surface area contributed by atoms with Crippen molar-refractivity contribution in [2.75, 3.05) is 6.61 Å². The van der Waals surface area contributed by atoms with Gasteiger partial charge in [0.15, 0.2) is 0 Å². The first-order chi connectivity index (χ1) is 3.63. The minimum atomic E-state index is 0. The van der Waals surface area contributed by atoms with Crippen molar-refractivity contribution in [3.63, 3.8) is 0 Å². The van der Waals surface area contributed by atoms with Gasteiger partial charge in [0.1, 0.15) is 0 Å². The van der Waals surface area contributed by atoms with Crippen molar-refractivity contribution >= 4 is 29.2 Å². The van der Waals surface area contributed by atoms with Crippen LogP contribution in [0.1, 0.15) is 13.8 Å². The zero-order valence-electron chi connectivity index (χ0n) is 6.01. The summed E-state index contributed by atoms with van der Waals surface area (Å²) in [6, 6.07) is 0. The molecule has 0 aromatic rings. The second-order valence-electron chi connectivity index (χ2n) is 1.95. The molecule has 0 saturated carbocycles. The maximum atomic E-state index is 4.85. The topological polar surface area (TPSA) is 9.23 Å². The standard InChI is InChI=1S/C5H10OS2.K/c1-4(2)3-6-5(7)8;/h4H,3H2,1-2H3,(H,7,8);/q;+1/p-1. The van der Waals surface area contributed by atoms with Crippen LogP contribution in [0.15, 0.2) is 0 Å². The number of hydrogen-bond acceptors (Lipinski definition) is 3. The van der Waals surface area contributed by atoms with Crippen LogP contribution in [-0.4, -0.2) is 11.0 Å². The SMILES string of the molecule is CC(C)COC(=S)[S-].[K+]. The monoisotopic (exact) mass is 188 g/mol. The van der Waals surface area contributed by atoms with Crippen LogP contribution in [-0.2, 0) is 17.4 Å². The molecule has 0 fully saturated rings. The van der Waals surface area contributed by atoms with E-state index in [2.05, 4.69) is 24.8 Å². The van der Waals surface area contributed by atoms with Crippen LogP contribution >= 0.6 is 12.2 Å². The van der Waals surface area contributed by atoms with E-state index in [4.69, 9.17) is 4.74 Å². The maximum absolute atomic E-state index is 4.85. The Morgan fingerprint density at radius 3 is 2.22 bits per heavy atom. The number of thiocarbonyl (C=S) groups is 1. The van der Waals surface area contributed by atoms with Crippen molar-refractivity contribution in [3.05, 3.63) is 0 Å². The Morgan fingerprint density at radius 1 is 1.67 bits per heavy atom. The molecule has 0 atom stereocenters. The number of ether oxygens (including phenoxy) is 1. The second-order valence-corrected chi connectivity index (χ2v) is 2.95. The third-order valence-corrected chi connectivity index (χ3v) is 0.770. The first-order valence-electron chi connectivity index (χ1n) is 2.46. The number of rotatable bonds is 2. The fourth-order valence-corrected chi connectivity index (χ4v) is 0.371. The minimum Gasteiger partial charge on any atom is -0.513 e. The van der Waals surface area contributed by atoms with E-state index < -0.39 is 0 Å². The van der Waals surface area contributed by atoms with Crippen molar-refractivity contribution < 1.29 is 56.1 Å². The van der Waals surface area contributed by atoms with Gasteiger partial charge in [-0.2, -0.15) is 0 Å². The molecule has 48 valence electrons. The maximum Gasteiger partial charge on any atom is 1.00 e. The molecule has 0 aromatic heterocycles. The Morgan fingerprint density at radius 2 is 2.11 bits per heavy atom. The smallest absolute Gasteiger partial charge is 0.513 e. The molecule has 0 aliphatic carbocycles. The van der Waals surface area contributed by atoms with E-state index in [0.717, 1.165) is 0 Å². The average molecular weight is 188 g/mol. The van der Waals surface area contributed by atoms with Gasteiger partial charge in [-0.3, -0.25) is 0 Å². The first-order valence-corrected chi connectivity index (χ1v) is 3.28. The predicted molar refractivity (Wildman–Crippen MR) is 40.8 cm³/mol. The molecule has 4 heteroatoms. The molecule has 0 spiro atoms. The average Bonchev–Trinajstić information content (AvgIpc) is 1.61. The van der Waals surface area contributed by atoms with E-state index >= 15 is 0 Å². The zero-order valence-corrected chi connectivity index (χ0v) is 10.8. The molecular weight excluding hydrogens is 179 g/mol. The molecule has 0 aliphatic rings. The van der Waals surface area contributed by atoms with Crippen LogP contribution in [0.25, 0.3) is 0 Å². The molecular formula is C5H9KOS2. The molecule has 0 heterocycles. The molecule has 0 bridgehead atoms. The van der Waals surface area contributed by atoms with Crippen LogP contribution in [0.2, 0.25) is 0 Å². The predicted octanol–water partition coefficient (Wildman–Crippen LogP) is -1.51. The van der Waals surface area contributed by atoms with Gasteiger partial charge in [0, 0.05) is 4.38 Å². The van der Waals surface area contributed by atoms with E-state index in [1.54, 1.807) is 0 Å². The Kier molecular flexibility index (Phi) is 11.6. The summed E-state index contributed by atoms with van der Waals surface area (Å²) in [6.07, 6.45) is 0. The molecule has 0 saturated heterocycles. The van der Waals surface area contributed by atoms with Crippen LogP contribution < -0.4 is 51.4 Å². The van der Waals surface area contributed by atoms with Gasteiger partial charge in [0.25, 0.3) is 0 Å². The van der Waals surface area contributed by atoms with Gasteiger partial charge < -0.3 is 29.6 Å². The number of hydrogen-bond donors (Lipinski definition) is 0. The summed E-state index contributed by atoms with van der Waals surface area (Å²) in [5, 5.41) is 0. The summed E-state index contributed by atoms with van der Waals surface area (Å²) in [5.41, 5.74) is 0. The molecule has 9 heavy (non-hydrogen) atoms. The molecule has 0 aliphatic heterocycles. The molecule has 0 unspecified atom stereocenters. The Balaban J connectivity index is 0. The second kappa shape index (κ2) is 7.85. The largest absolute Gasteiger partial charge is 1.00 e. The van der Waals surface area contributed by atoms with Crippen LogP contribution in [0.4, 0.5) is 0 Å². The summed E-state index contributed by atoms with van der Waals surface area (Å²) in [5.74, 6) is 0.510. The third kappa shape index (κ3) is 12.8. The summed E-state index contributed by atoms with van der Waals surface area (Å²) in [7, 11) is 0. The van der Waals surface area contributed by atoms with E-state index in [1.807, 2.05) is 13.8 Å². The Hall–Kier alpha value is 1.75. The van der Waals surface area contributed by atoms with Crippen molar-refractivity contribution in [2.45, 2.75) is 13.8 Å².